The van der Waals surface area contributed by atoms with E-state index in [0.717, 1.165) is 18.2 Å². The van der Waals surface area contributed by atoms with E-state index < -0.39 is 30.2 Å². The van der Waals surface area contributed by atoms with E-state index in [1.165, 1.54) is 31.4 Å². The standard InChI is InChI=1S/C20H17ClF3NO4/c1-12-8-16(17(28-2)10-15(12)21)25-18(26)11-29-19(27)7-6-13-4-3-5-14(9-13)20(22,23)24/h3-10H,11H2,1-2H3,(H,25,26)/b7-6+. The minimum atomic E-state index is -4.48. The van der Waals surface area contributed by atoms with Crippen LogP contribution in [0.2, 0.25) is 5.02 Å². The van der Waals surface area contributed by atoms with Crippen LogP contribution in [0.15, 0.2) is 42.5 Å². The van der Waals surface area contributed by atoms with Crippen molar-refractivity contribution in [2.75, 3.05) is 19.0 Å². The van der Waals surface area contributed by atoms with Gasteiger partial charge in [-0.05, 0) is 42.3 Å². The van der Waals surface area contributed by atoms with Crippen LogP contribution < -0.4 is 10.1 Å². The lowest BCUT2D eigenvalue weighted by Crippen LogP contribution is -2.20. The topological polar surface area (TPSA) is 64.6 Å². The number of carbonyl (C=O) groups excluding carboxylic acids is 2. The molecule has 0 atom stereocenters. The normalized spacial score (nSPS) is 11.4. The van der Waals surface area contributed by atoms with E-state index >= 15 is 0 Å². The van der Waals surface area contributed by atoms with Gasteiger partial charge in [-0.15, -0.1) is 0 Å². The molecule has 0 unspecified atom stereocenters. The lowest BCUT2D eigenvalue weighted by Gasteiger charge is -2.12. The maximum Gasteiger partial charge on any atom is 0.416 e. The second-order valence-corrected chi connectivity index (χ2v) is 6.32. The Morgan fingerprint density at radius 3 is 2.59 bits per heavy atom. The minimum Gasteiger partial charge on any atom is -0.495 e. The summed E-state index contributed by atoms with van der Waals surface area (Å²) in [5, 5.41) is 3.00. The van der Waals surface area contributed by atoms with Gasteiger partial charge in [0.2, 0.25) is 0 Å². The van der Waals surface area contributed by atoms with E-state index in [4.69, 9.17) is 21.1 Å². The first-order valence-electron chi connectivity index (χ1n) is 8.26. The Morgan fingerprint density at radius 2 is 1.93 bits per heavy atom. The molecule has 0 fully saturated rings. The molecule has 2 rings (SSSR count). The zero-order valence-electron chi connectivity index (χ0n) is 15.5. The number of aryl methyl sites for hydroxylation is 1. The number of esters is 1. The monoisotopic (exact) mass is 427 g/mol. The molecule has 0 aliphatic rings. The summed E-state index contributed by atoms with van der Waals surface area (Å²) in [6, 6.07) is 7.59. The van der Waals surface area contributed by atoms with Crippen molar-refractivity contribution in [3.63, 3.8) is 0 Å². The van der Waals surface area contributed by atoms with Crippen molar-refractivity contribution in [3.8, 4) is 5.75 Å². The van der Waals surface area contributed by atoms with Crippen molar-refractivity contribution in [1.29, 1.82) is 0 Å². The fraction of sp³-hybridized carbons (Fsp3) is 0.200. The number of methoxy groups -OCH3 is 1. The molecule has 0 spiro atoms. The Morgan fingerprint density at radius 1 is 1.21 bits per heavy atom. The molecule has 2 aromatic rings. The van der Waals surface area contributed by atoms with E-state index in [2.05, 4.69) is 5.32 Å². The smallest absolute Gasteiger partial charge is 0.416 e. The number of halogens is 4. The van der Waals surface area contributed by atoms with Crippen LogP contribution in [0.25, 0.3) is 6.08 Å². The van der Waals surface area contributed by atoms with E-state index in [9.17, 15) is 22.8 Å². The lowest BCUT2D eigenvalue weighted by atomic mass is 10.1. The van der Waals surface area contributed by atoms with Crippen molar-refractivity contribution in [2.24, 2.45) is 0 Å². The predicted octanol–water partition coefficient (Wildman–Crippen LogP) is 4.87. The largest absolute Gasteiger partial charge is 0.495 e. The van der Waals surface area contributed by atoms with Gasteiger partial charge in [-0.1, -0.05) is 23.7 Å². The molecular formula is C20H17ClF3NO4. The van der Waals surface area contributed by atoms with Gasteiger partial charge in [0.1, 0.15) is 5.75 Å². The summed E-state index contributed by atoms with van der Waals surface area (Å²) in [6.45, 7) is 1.16. The fourth-order valence-electron chi connectivity index (χ4n) is 2.28. The second-order valence-electron chi connectivity index (χ2n) is 5.91. The number of amides is 1. The van der Waals surface area contributed by atoms with E-state index in [1.807, 2.05) is 0 Å². The lowest BCUT2D eigenvalue weighted by molar-refractivity contribution is -0.142. The van der Waals surface area contributed by atoms with Crippen molar-refractivity contribution >= 4 is 35.2 Å². The van der Waals surface area contributed by atoms with Crippen LogP contribution in [0.5, 0.6) is 5.75 Å². The van der Waals surface area contributed by atoms with Crippen LogP contribution in [-0.4, -0.2) is 25.6 Å². The summed E-state index contributed by atoms with van der Waals surface area (Å²) in [6.07, 6.45) is -2.37. The first-order valence-corrected chi connectivity index (χ1v) is 8.64. The Hall–Kier alpha value is -3.00. The minimum absolute atomic E-state index is 0.169. The number of ether oxygens (including phenoxy) is 2. The van der Waals surface area contributed by atoms with Gasteiger partial charge < -0.3 is 14.8 Å². The van der Waals surface area contributed by atoms with Gasteiger partial charge in [-0.3, -0.25) is 4.79 Å². The summed E-state index contributed by atoms with van der Waals surface area (Å²) in [5.74, 6) is -1.16. The molecule has 1 amide bonds. The number of rotatable bonds is 6. The SMILES string of the molecule is COc1cc(Cl)c(C)cc1NC(=O)COC(=O)/C=C/c1cccc(C(F)(F)F)c1. The van der Waals surface area contributed by atoms with Crippen LogP contribution in [0, 0.1) is 6.92 Å². The number of carbonyl (C=O) groups is 2. The molecule has 154 valence electrons. The molecule has 0 radical (unpaired) electrons. The maximum absolute atomic E-state index is 12.7. The van der Waals surface area contributed by atoms with Crippen LogP contribution in [-0.2, 0) is 20.5 Å². The highest BCUT2D eigenvalue weighted by Gasteiger charge is 2.30. The van der Waals surface area contributed by atoms with Gasteiger partial charge in [0, 0.05) is 17.2 Å². The van der Waals surface area contributed by atoms with Gasteiger partial charge in [0.05, 0.1) is 18.4 Å². The highest BCUT2D eigenvalue weighted by atomic mass is 35.5. The summed E-state index contributed by atoms with van der Waals surface area (Å²) < 4.78 is 48.0. The van der Waals surface area contributed by atoms with Gasteiger partial charge in [-0.25, -0.2) is 4.79 Å². The quantitative estimate of drug-likeness (QED) is 0.527. The third-order valence-corrected chi connectivity index (χ3v) is 4.13. The highest BCUT2D eigenvalue weighted by Crippen LogP contribution is 2.31. The predicted molar refractivity (Wildman–Crippen MR) is 103 cm³/mol. The summed E-state index contributed by atoms with van der Waals surface area (Å²) >= 11 is 5.99. The van der Waals surface area contributed by atoms with Gasteiger partial charge >= 0.3 is 12.1 Å². The van der Waals surface area contributed by atoms with Crippen molar-refractivity contribution in [1.82, 2.24) is 0 Å². The number of anilines is 1. The second kappa shape index (κ2) is 9.47. The molecule has 0 saturated heterocycles. The molecule has 29 heavy (non-hydrogen) atoms. The first-order chi connectivity index (χ1) is 13.6. The molecule has 0 saturated carbocycles. The average molecular weight is 428 g/mol. The maximum atomic E-state index is 12.7. The zero-order valence-corrected chi connectivity index (χ0v) is 16.2. The van der Waals surface area contributed by atoms with Crippen LogP contribution in [0.3, 0.4) is 0 Å². The van der Waals surface area contributed by atoms with Crippen molar-refractivity contribution in [2.45, 2.75) is 13.1 Å². The zero-order chi connectivity index (χ0) is 21.6. The molecule has 9 heteroatoms. The molecule has 0 aromatic heterocycles. The van der Waals surface area contributed by atoms with Crippen LogP contribution in [0.1, 0.15) is 16.7 Å². The Labute approximate surface area is 170 Å². The molecule has 1 N–H and O–H groups in total. The van der Waals surface area contributed by atoms with E-state index in [0.29, 0.717) is 22.0 Å². The summed E-state index contributed by atoms with van der Waals surface area (Å²) in [4.78, 5) is 23.7. The molecule has 0 aliphatic heterocycles. The molecule has 0 heterocycles. The average Bonchev–Trinajstić information content (AvgIpc) is 2.67. The number of alkyl halides is 3. The Kier molecular flexibility index (Phi) is 7.28. The third-order valence-electron chi connectivity index (χ3n) is 3.73. The molecular weight excluding hydrogens is 411 g/mol. The third kappa shape index (κ3) is 6.53. The highest BCUT2D eigenvalue weighted by molar-refractivity contribution is 6.31. The van der Waals surface area contributed by atoms with Crippen LogP contribution >= 0.6 is 11.6 Å². The Balaban J connectivity index is 1.93. The summed E-state index contributed by atoms with van der Waals surface area (Å²) in [5.41, 5.74) is 0.404. The molecule has 0 aliphatic carbocycles. The summed E-state index contributed by atoms with van der Waals surface area (Å²) in [7, 11) is 1.41. The molecule has 2 aromatic carbocycles. The van der Waals surface area contributed by atoms with E-state index in [1.54, 1.807) is 13.0 Å². The van der Waals surface area contributed by atoms with Crippen molar-refractivity contribution < 1.29 is 32.2 Å². The Bertz CT molecular complexity index is 942. The number of hydrogen-bond acceptors (Lipinski definition) is 4. The van der Waals surface area contributed by atoms with Gasteiger partial charge in [0.25, 0.3) is 5.91 Å². The fourth-order valence-corrected chi connectivity index (χ4v) is 2.44. The molecule has 0 bridgehead atoms. The van der Waals surface area contributed by atoms with Crippen molar-refractivity contribution in [3.05, 3.63) is 64.2 Å². The van der Waals surface area contributed by atoms with Gasteiger partial charge in [-0.2, -0.15) is 13.2 Å². The number of nitrogens with one attached hydrogen (secondary N) is 1. The van der Waals surface area contributed by atoms with Gasteiger partial charge in [0.15, 0.2) is 6.61 Å². The first kappa shape index (κ1) is 22.3. The van der Waals surface area contributed by atoms with Crippen LogP contribution in [0.4, 0.5) is 18.9 Å². The molecule has 5 nitrogen and oxygen atoms in total. The number of hydrogen-bond donors (Lipinski definition) is 1. The number of benzene rings is 2. The van der Waals surface area contributed by atoms with E-state index in [-0.39, 0.29) is 5.56 Å².